The molecule has 0 radical (unpaired) electrons. The maximum atomic E-state index is 11.8. The lowest BCUT2D eigenvalue weighted by atomic mass is 10.3. The van der Waals surface area contributed by atoms with E-state index in [0.717, 1.165) is 0 Å². The highest BCUT2D eigenvalue weighted by atomic mass is 35.5. The van der Waals surface area contributed by atoms with Crippen molar-refractivity contribution in [2.75, 3.05) is 0 Å². The van der Waals surface area contributed by atoms with E-state index < -0.39 is 12.6 Å². The minimum atomic E-state index is -4.10. The SMILES string of the molecule is FC(F)(F)CCc1nc(CCl)cs1. The first-order chi connectivity index (χ1) is 6.01. The molecule has 0 N–H and O–H groups in total. The Morgan fingerprint density at radius 3 is 2.62 bits per heavy atom. The third-order valence-electron chi connectivity index (χ3n) is 1.36. The van der Waals surface area contributed by atoms with Gasteiger partial charge in [-0.1, -0.05) is 0 Å². The number of halogens is 4. The Morgan fingerprint density at radius 1 is 1.46 bits per heavy atom. The van der Waals surface area contributed by atoms with Crippen molar-refractivity contribution in [3.05, 3.63) is 16.1 Å². The van der Waals surface area contributed by atoms with Crippen LogP contribution in [0.15, 0.2) is 5.38 Å². The van der Waals surface area contributed by atoms with Crippen LogP contribution in [0, 0.1) is 0 Å². The number of aryl methyl sites for hydroxylation is 1. The van der Waals surface area contributed by atoms with Gasteiger partial charge in [0, 0.05) is 18.2 Å². The minimum Gasteiger partial charge on any atom is -0.245 e. The lowest BCUT2D eigenvalue weighted by Gasteiger charge is -2.02. The molecular weight excluding hydrogens is 223 g/mol. The Bertz CT molecular complexity index is 271. The number of hydrogen-bond acceptors (Lipinski definition) is 2. The van der Waals surface area contributed by atoms with E-state index in [1.807, 2.05) is 0 Å². The van der Waals surface area contributed by atoms with E-state index in [4.69, 9.17) is 11.6 Å². The molecule has 0 unspecified atom stereocenters. The zero-order valence-corrected chi connectivity index (χ0v) is 8.14. The summed E-state index contributed by atoms with van der Waals surface area (Å²) in [7, 11) is 0. The lowest BCUT2D eigenvalue weighted by Crippen LogP contribution is -2.08. The quantitative estimate of drug-likeness (QED) is 0.724. The maximum absolute atomic E-state index is 11.8. The minimum absolute atomic E-state index is 0.0505. The number of alkyl halides is 4. The van der Waals surface area contributed by atoms with Crippen LogP contribution < -0.4 is 0 Å². The van der Waals surface area contributed by atoms with Crippen LogP contribution >= 0.6 is 22.9 Å². The molecule has 1 aromatic rings. The van der Waals surface area contributed by atoms with Crippen molar-refractivity contribution < 1.29 is 13.2 Å². The van der Waals surface area contributed by atoms with E-state index in [-0.39, 0.29) is 12.3 Å². The molecule has 1 heterocycles. The average molecular weight is 230 g/mol. The number of nitrogens with zero attached hydrogens (tertiary/aromatic N) is 1. The molecule has 0 spiro atoms. The third-order valence-corrected chi connectivity index (χ3v) is 2.59. The predicted molar refractivity (Wildman–Crippen MR) is 46.0 cm³/mol. The summed E-state index contributed by atoms with van der Waals surface area (Å²) < 4.78 is 35.3. The summed E-state index contributed by atoms with van der Waals surface area (Å²) in [6.07, 6.45) is -4.97. The van der Waals surface area contributed by atoms with Crippen LogP contribution in [0.4, 0.5) is 13.2 Å². The van der Waals surface area contributed by atoms with Gasteiger partial charge in [0.05, 0.1) is 16.6 Å². The largest absolute Gasteiger partial charge is 0.389 e. The van der Waals surface area contributed by atoms with Crippen LogP contribution in [0.1, 0.15) is 17.1 Å². The van der Waals surface area contributed by atoms with Gasteiger partial charge < -0.3 is 0 Å². The number of rotatable bonds is 3. The highest BCUT2D eigenvalue weighted by molar-refractivity contribution is 7.09. The summed E-state index contributed by atoms with van der Waals surface area (Å²) in [5.74, 6) is 0.252. The molecule has 74 valence electrons. The molecule has 0 atom stereocenters. The van der Waals surface area contributed by atoms with Gasteiger partial charge in [-0.3, -0.25) is 0 Å². The van der Waals surface area contributed by atoms with Crippen LogP contribution in [0.25, 0.3) is 0 Å². The lowest BCUT2D eigenvalue weighted by molar-refractivity contribution is -0.134. The smallest absolute Gasteiger partial charge is 0.245 e. The van der Waals surface area contributed by atoms with Gasteiger partial charge in [0.15, 0.2) is 0 Å². The van der Waals surface area contributed by atoms with Gasteiger partial charge >= 0.3 is 6.18 Å². The number of aromatic nitrogens is 1. The van der Waals surface area contributed by atoms with Crippen molar-refractivity contribution in [1.29, 1.82) is 0 Å². The molecular formula is C7H7ClF3NS. The van der Waals surface area contributed by atoms with E-state index in [1.54, 1.807) is 5.38 Å². The second-order valence-electron chi connectivity index (χ2n) is 2.48. The fourth-order valence-electron chi connectivity index (χ4n) is 0.774. The second-order valence-corrected chi connectivity index (χ2v) is 3.69. The van der Waals surface area contributed by atoms with Crippen molar-refractivity contribution in [1.82, 2.24) is 4.98 Å². The first-order valence-corrected chi connectivity index (χ1v) is 4.98. The van der Waals surface area contributed by atoms with Crippen molar-refractivity contribution in [3.63, 3.8) is 0 Å². The van der Waals surface area contributed by atoms with Crippen molar-refractivity contribution in [2.45, 2.75) is 24.9 Å². The summed E-state index contributed by atoms with van der Waals surface area (Å²) in [6, 6.07) is 0. The van der Waals surface area contributed by atoms with Gasteiger partial charge in [-0.25, -0.2) is 4.98 Å². The third kappa shape index (κ3) is 3.95. The van der Waals surface area contributed by atoms with Crippen LogP contribution in [0.5, 0.6) is 0 Å². The first-order valence-electron chi connectivity index (χ1n) is 3.57. The Labute approximate surface area is 82.6 Å². The molecule has 6 heteroatoms. The molecule has 0 aliphatic heterocycles. The fraction of sp³-hybridized carbons (Fsp3) is 0.571. The summed E-state index contributed by atoms with van der Waals surface area (Å²) in [5, 5.41) is 2.17. The molecule has 13 heavy (non-hydrogen) atoms. The van der Waals surface area contributed by atoms with Crippen LogP contribution in [0.2, 0.25) is 0 Å². The Morgan fingerprint density at radius 2 is 2.15 bits per heavy atom. The highest BCUT2D eigenvalue weighted by Crippen LogP contribution is 2.23. The molecule has 0 amide bonds. The van der Waals surface area contributed by atoms with Gasteiger partial charge in [0.25, 0.3) is 0 Å². The Kier molecular flexibility index (Phi) is 3.55. The van der Waals surface area contributed by atoms with Crippen molar-refractivity contribution in [3.8, 4) is 0 Å². The highest BCUT2D eigenvalue weighted by Gasteiger charge is 2.26. The van der Waals surface area contributed by atoms with Crippen molar-refractivity contribution >= 4 is 22.9 Å². The summed E-state index contributed by atoms with van der Waals surface area (Å²) in [5.41, 5.74) is 0.642. The van der Waals surface area contributed by atoms with Crippen LogP contribution in [-0.4, -0.2) is 11.2 Å². The molecule has 0 fully saturated rings. The summed E-state index contributed by atoms with van der Waals surface area (Å²) in [6.45, 7) is 0. The van der Waals surface area contributed by atoms with Crippen LogP contribution in [-0.2, 0) is 12.3 Å². The number of hydrogen-bond donors (Lipinski definition) is 0. The molecule has 0 saturated heterocycles. The van der Waals surface area contributed by atoms with Gasteiger partial charge in [-0.15, -0.1) is 22.9 Å². The molecule has 0 saturated carbocycles. The zero-order valence-electron chi connectivity index (χ0n) is 6.57. The van der Waals surface area contributed by atoms with E-state index in [2.05, 4.69) is 4.98 Å². The normalized spacial score (nSPS) is 12.0. The van der Waals surface area contributed by atoms with E-state index in [0.29, 0.717) is 10.7 Å². The Hall–Kier alpha value is -0.290. The molecule has 1 nitrogen and oxygen atoms in total. The molecule has 0 bridgehead atoms. The molecule has 0 aliphatic rings. The number of thiazole rings is 1. The zero-order chi connectivity index (χ0) is 9.90. The van der Waals surface area contributed by atoms with E-state index in [9.17, 15) is 13.2 Å². The van der Waals surface area contributed by atoms with E-state index >= 15 is 0 Å². The maximum Gasteiger partial charge on any atom is 0.389 e. The van der Waals surface area contributed by atoms with Gasteiger partial charge in [0.1, 0.15) is 0 Å². The van der Waals surface area contributed by atoms with E-state index in [1.165, 1.54) is 11.3 Å². The Balaban J connectivity index is 2.46. The monoisotopic (exact) mass is 229 g/mol. The average Bonchev–Trinajstić information content (AvgIpc) is 2.47. The summed E-state index contributed by atoms with van der Waals surface area (Å²) >= 11 is 6.67. The van der Waals surface area contributed by atoms with Gasteiger partial charge in [-0.05, 0) is 0 Å². The van der Waals surface area contributed by atoms with Gasteiger partial charge in [0.2, 0.25) is 0 Å². The molecule has 1 rings (SSSR count). The predicted octanol–water partition coefficient (Wildman–Crippen LogP) is 3.38. The molecule has 0 aliphatic carbocycles. The second kappa shape index (κ2) is 4.28. The fourth-order valence-corrected chi connectivity index (χ4v) is 1.80. The molecule has 1 aromatic heterocycles. The van der Waals surface area contributed by atoms with Crippen molar-refractivity contribution in [2.24, 2.45) is 0 Å². The summed E-state index contributed by atoms with van der Waals surface area (Å²) in [4.78, 5) is 3.92. The standard InChI is InChI=1S/C7H7ClF3NS/c8-3-5-4-13-6(12-5)1-2-7(9,10)11/h4H,1-3H2. The van der Waals surface area contributed by atoms with Gasteiger partial charge in [-0.2, -0.15) is 13.2 Å². The van der Waals surface area contributed by atoms with Crippen LogP contribution in [0.3, 0.4) is 0 Å². The molecule has 0 aromatic carbocycles. The topological polar surface area (TPSA) is 12.9 Å². The first kappa shape index (κ1) is 10.8.